The number of nitrogens with one attached hydrogen (secondary N) is 3. The molecule has 0 spiro atoms. The van der Waals surface area contributed by atoms with E-state index in [1.54, 1.807) is 60.8 Å². The molecule has 3 fully saturated rings. The van der Waals surface area contributed by atoms with E-state index < -0.39 is 40.9 Å². The fourth-order valence-corrected chi connectivity index (χ4v) is 9.11. The minimum Gasteiger partial charge on any atom is -0.495 e. The van der Waals surface area contributed by atoms with Crippen molar-refractivity contribution in [3.63, 3.8) is 0 Å². The van der Waals surface area contributed by atoms with Crippen molar-refractivity contribution in [2.45, 2.75) is 51.0 Å². The second kappa shape index (κ2) is 19.1. The molecule has 2 aliphatic heterocycles. The zero-order chi connectivity index (χ0) is 48.5. The van der Waals surface area contributed by atoms with E-state index in [1.165, 1.54) is 42.5 Å². The summed E-state index contributed by atoms with van der Waals surface area (Å²) >= 11 is 0. The molecule has 4 aliphatic rings. The number of aromatic nitrogens is 4. The molecule has 1 atom stereocenters. The number of pyridine rings is 1. The summed E-state index contributed by atoms with van der Waals surface area (Å²) in [5.74, 6) is -0.952. The van der Waals surface area contributed by atoms with Crippen molar-refractivity contribution >= 4 is 69.0 Å². The van der Waals surface area contributed by atoms with E-state index in [2.05, 4.69) is 45.9 Å². The predicted molar refractivity (Wildman–Crippen MR) is 254 cm³/mol. The topological polar surface area (TPSA) is 218 Å². The van der Waals surface area contributed by atoms with Gasteiger partial charge in [0.2, 0.25) is 11.8 Å². The lowest BCUT2D eigenvalue weighted by Gasteiger charge is -2.36. The largest absolute Gasteiger partial charge is 0.495 e. The van der Waals surface area contributed by atoms with E-state index in [4.69, 9.17) is 9.47 Å². The highest BCUT2D eigenvalue weighted by Crippen LogP contribution is 2.48. The molecule has 10 rings (SSSR count). The van der Waals surface area contributed by atoms with Gasteiger partial charge in [0.1, 0.15) is 28.5 Å². The third-order valence-corrected chi connectivity index (χ3v) is 13.3. The lowest BCUT2D eigenvalue weighted by molar-refractivity contribution is -0.131. The quantitative estimate of drug-likeness (QED) is 0.0791. The maximum absolute atomic E-state index is 13.4. The number of hydrogen-bond acceptors (Lipinski definition) is 14. The molecule has 3 N–H and O–H groups in total. The molecule has 2 aliphatic carbocycles. The number of anilines is 4. The summed E-state index contributed by atoms with van der Waals surface area (Å²) in [6, 6.07) is 21.8. The van der Waals surface area contributed by atoms with Crippen LogP contribution in [0.2, 0.25) is 0 Å². The lowest BCUT2D eigenvalue weighted by Crippen LogP contribution is -2.47. The van der Waals surface area contributed by atoms with Gasteiger partial charge in [-0.25, -0.2) is 9.37 Å². The molecule has 4 aromatic carbocycles. The van der Waals surface area contributed by atoms with Crippen LogP contribution < -0.4 is 30.3 Å². The zero-order valence-electron chi connectivity index (χ0n) is 38.1. The Balaban J connectivity index is 0.709. The molecule has 4 heterocycles. The summed E-state index contributed by atoms with van der Waals surface area (Å²) in [7, 11) is 1.48. The number of methoxy groups -OCH3 is 1. The van der Waals surface area contributed by atoms with Crippen LogP contribution in [0, 0.1) is 11.2 Å². The van der Waals surface area contributed by atoms with Gasteiger partial charge >= 0.3 is 0 Å². The molecule has 70 heavy (non-hydrogen) atoms. The number of carbonyl (C=O) groups excluding carboxylic acids is 6. The van der Waals surface area contributed by atoms with Crippen molar-refractivity contribution in [3.05, 3.63) is 126 Å². The fourth-order valence-electron chi connectivity index (χ4n) is 9.11. The maximum Gasteiger partial charge on any atom is 0.277 e. The molecule has 5 amide bonds. The van der Waals surface area contributed by atoms with E-state index in [0.29, 0.717) is 114 Å². The van der Waals surface area contributed by atoms with Gasteiger partial charge in [-0.3, -0.25) is 43.6 Å². The number of hydrogen-bond donors (Lipinski definition) is 3. The summed E-state index contributed by atoms with van der Waals surface area (Å²) in [6.45, 7) is 3.58. The Morgan fingerprint density at radius 2 is 1.49 bits per heavy atom. The van der Waals surface area contributed by atoms with Crippen molar-refractivity contribution in [2.75, 3.05) is 60.7 Å². The molecule has 19 heteroatoms. The number of piperazine rings is 1. The summed E-state index contributed by atoms with van der Waals surface area (Å²) in [6.07, 6.45) is 6.76. The Morgan fingerprint density at radius 3 is 2.16 bits per heavy atom. The Kier molecular flexibility index (Phi) is 12.4. The number of imide groups is 1. The Hall–Kier alpha value is -8.19. The number of ketones is 1. The highest BCUT2D eigenvalue weighted by molar-refractivity contribution is 6.23. The van der Waals surface area contributed by atoms with Gasteiger partial charge in [0.05, 0.1) is 41.7 Å². The molecule has 6 aromatic rings. The van der Waals surface area contributed by atoms with Crippen LogP contribution in [0.1, 0.15) is 75.6 Å². The number of carbonyl (C=O) groups is 6. The first-order valence-electron chi connectivity index (χ1n) is 23.1. The number of ether oxygens (including phenoxy) is 2. The molecule has 0 bridgehead atoms. The first-order valence-corrected chi connectivity index (χ1v) is 23.1. The summed E-state index contributed by atoms with van der Waals surface area (Å²) in [5.41, 5.74) is 2.08. The highest BCUT2D eigenvalue weighted by Gasteiger charge is 2.56. The van der Waals surface area contributed by atoms with Crippen molar-refractivity contribution in [3.8, 4) is 17.2 Å². The summed E-state index contributed by atoms with van der Waals surface area (Å²) in [4.78, 5) is 93.2. The average molecular weight is 947 g/mol. The monoisotopic (exact) mass is 946 g/mol. The first kappa shape index (κ1) is 45.6. The van der Waals surface area contributed by atoms with Gasteiger partial charge in [-0.2, -0.15) is 0 Å². The molecule has 1 unspecified atom stereocenters. The normalized spacial score (nSPS) is 17.5. The van der Waals surface area contributed by atoms with Gasteiger partial charge < -0.3 is 30.3 Å². The summed E-state index contributed by atoms with van der Waals surface area (Å²) in [5, 5.41) is 17.3. The second-order valence-electron chi connectivity index (χ2n) is 17.7. The molecule has 356 valence electrons. The van der Waals surface area contributed by atoms with Crippen molar-refractivity contribution in [2.24, 2.45) is 5.41 Å². The van der Waals surface area contributed by atoms with E-state index in [1.807, 2.05) is 6.07 Å². The standard InChI is InChI=1S/C51H47FN10O8/c1-69-44-27-37-38(53-20-16-43(37)70-34-13-10-32(11-14-34)56-50(68)51(18-19-51)49(67)55-31-8-6-30(52)7-9-31)28-39(44)57-46(64)40-29-54-45(59-58-40)17-21-60-22-24-61(25-23-60)33-12-15-35-36(26-33)48(66)62(47(35)65)41-4-2-3-5-42(41)63/h6-16,20,26-29,41H,2-5,17-19,21-25H2,1H3,(H,55,67)(H,56,68)(H,57,64). The van der Waals surface area contributed by atoms with Gasteiger partial charge in [0, 0.05) is 74.2 Å². The van der Waals surface area contributed by atoms with Crippen LogP contribution in [0.4, 0.5) is 27.1 Å². The Bertz CT molecular complexity index is 3050. The number of rotatable bonds is 14. The molecule has 0 radical (unpaired) electrons. The number of nitrogens with zero attached hydrogens (tertiary/aromatic N) is 7. The molecular weight excluding hydrogens is 900 g/mol. The van der Waals surface area contributed by atoms with Gasteiger partial charge in [-0.1, -0.05) is 6.42 Å². The number of fused-ring (bicyclic) bond motifs is 2. The van der Waals surface area contributed by atoms with Crippen LogP contribution in [0.15, 0.2) is 97.3 Å². The van der Waals surface area contributed by atoms with Crippen LogP contribution >= 0.6 is 0 Å². The van der Waals surface area contributed by atoms with Gasteiger partial charge in [0.15, 0.2) is 17.3 Å². The van der Waals surface area contributed by atoms with E-state index in [9.17, 15) is 33.2 Å². The third kappa shape index (κ3) is 9.22. The Morgan fingerprint density at radius 1 is 0.771 bits per heavy atom. The van der Waals surface area contributed by atoms with Crippen molar-refractivity contribution < 1.29 is 42.6 Å². The minimum absolute atomic E-state index is 0.00717. The number of benzene rings is 4. The molecule has 18 nitrogen and oxygen atoms in total. The van der Waals surface area contributed by atoms with E-state index >= 15 is 0 Å². The minimum atomic E-state index is -1.21. The van der Waals surface area contributed by atoms with Gasteiger partial charge in [-0.05, 0) is 111 Å². The van der Waals surface area contributed by atoms with E-state index in [-0.39, 0.29) is 17.4 Å². The number of amides is 5. The molecular formula is C51H47FN10O8. The SMILES string of the molecule is COc1cc2c(Oc3ccc(NC(=O)C4(C(=O)Nc5ccc(F)cc5)CC4)cc3)ccnc2cc1NC(=O)c1cnc(CCN2CCN(c3ccc4c(c3)C(=O)N(C3CCCCC3=O)C4=O)CC2)nn1. The lowest BCUT2D eigenvalue weighted by atomic mass is 9.93. The molecule has 2 aromatic heterocycles. The van der Waals surface area contributed by atoms with Gasteiger partial charge in [0.25, 0.3) is 17.7 Å². The van der Waals surface area contributed by atoms with Crippen molar-refractivity contribution in [1.82, 2.24) is 30.0 Å². The number of Topliss-reactive ketones (excluding diaryl/α,β-unsaturated/α-hetero) is 1. The smallest absolute Gasteiger partial charge is 0.277 e. The average Bonchev–Trinajstić information content (AvgIpc) is 4.16. The van der Waals surface area contributed by atoms with E-state index in [0.717, 1.165) is 31.6 Å². The van der Waals surface area contributed by atoms with Gasteiger partial charge in [-0.15, -0.1) is 10.2 Å². The predicted octanol–water partition coefficient (Wildman–Crippen LogP) is 6.44. The van der Waals surface area contributed by atoms with Crippen LogP contribution in [-0.4, -0.2) is 111 Å². The third-order valence-electron chi connectivity index (χ3n) is 13.3. The number of halogens is 1. The zero-order valence-corrected chi connectivity index (χ0v) is 38.1. The fraction of sp³-hybridized carbons (Fsp3) is 0.294. The van der Waals surface area contributed by atoms with Crippen LogP contribution in [0.3, 0.4) is 0 Å². The second-order valence-corrected chi connectivity index (χ2v) is 17.7. The Labute approximate surface area is 400 Å². The van der Waals surface area contributed by atoms with Crippen molar-refractivity contribution in [1.29, 1.82) is 0 Å². The highest BCUT2D eigenvalue weighted by atomic mass is 19.1. The molecule has 2 saturated carbocycles. The maximum atomic E-state index is 13.4. The first-order chi connectivity index (χ1) is 34.0. The molecule has 1 saturated heterocycles. The van der Waals surface area contributed by atoms with Crippen LogP contribution in [-0.2, 0) is 20.8 Å². The van der Waals surface area contributed by atoms with Crippen LogP contribution in [0.5, 0.6) is 17.2 Å². The summed E-state index contributed by atoms with van der Waals surface area (Å²) < 4.78 is 25.2. The van der Waals surface area contributed by atoms with Crippen LogP contribution in [0.25, 0.3) is 10.9 Å².